The van der Waals surface area contributed by atoms with E-state index in [1.54, 1.807) is 12.2 Å². The summed E-state index contributed by atoms with van der Waals surface area (Å²) in [4.78, 5) is 64.8. The van der Waals surface area contributed by atoms with Gasteiger partial charge < -0.3 is 29.3 Å². The summed E-state index contributed by atoms with van der Waals surface area (Å²) >= 11 is 0. The predicted octanol–water partition coefficient (Wildman–Crippen LogP) is 10.6. The molecule has 0 aliphatic rings. The molecule has 0 fully saturated rings. The Labute approximate surface area is 360 Å². The zero-order chi connectivity index (χ0) is 44.6. The molecule has 0 aliphatic carbocycles. The third-order valence-corrected chi connectivity index (χ3v) is 10.6. The van der Waals surface area contributed by atoms with E-state index in [9.17, 15) is 33.5 Å². The fraction of sp³-hybridized carbons (Fsp3) is 0.750. The highest BCUT2D eigenvalue weighted by Crippen LogP contribution is 2.43. The quantitative estimate of drug-likeness (QED) is 0.0112. The lowest BCUT2D eigenvalue weighted by molar-refractivity contribution is -0.161. The molecule has 14 nitrogen and oxygen atoms in total. The number of rotatable bonds is 42. The molecular weight excluding hydrogens is 814 g/mol. The van der Waals surface area contributed by atoms with Crippen molar-refractivity contribution in [3.05, 3.63) is 48.6 Å². The van der Waals surface area contributed by atoms with E-state index in [-0.39, 0.29) is 18.6 Å². The summed E-state index contributed by atoms with van der Waals surface area (Å²) in [7, 11) is -9.72. The van der Waals surface area contributed by atoms with Crippen LogP contribution in [0, 0.1) is 0 Å². The number of hydrogen-bond acceptors (Lipinski definition) is 11. The summed E-state index contributed by atoms with van der Waals surface area (Å²) in [6, 6.07) is 0. The minimum Gasteiger partial charge on any atom is -0.462 e. The monoisotopic (exact) mass is 892 g/mol. The van der Waals surface area contributed by atoms with Gasteiger partial charge in [0.1, 0.15) is 12.7 Å². The maximum atomic E-state index is 12.7. The van der Waals surface area contributed by atoms with Crippen molar-refractivity contribution in [1.82, 2.24) is 0 Å². The van der Waals surface area contributed by atoms with Gasteiger partial charge in [0.25, 0.3) is 0 Å². The smallest absolute Gasteiger partial charge is 0.462 e. The van der Waals surface area contributed by atoms with Crippen LogP contribution in [0.4, 0.5) is 0 Å². The summed E-state index contributed by atoms with van der Waals surface area (Å²) in [5.74, 6) is -1.06. The van der Waals surface area contributed by atoms with E-state index in [2.05, 4.69) is 53.3 Å². The van der Waals surface area contributed by atoms with E-state index in [0.29, 0.717) is 19.3 Å². The number of aliphatic hydroxyl groups excluding tert-OH is 1. The molecule has 4 N–H and O–H groups in total. The van der Waals surface area contributed by atoms with Crippen molar-refractivity contribution in [2.24, 2.45) is 0 Å². The number of unbranched alkanes of at least 4 members (excludes halogenated alkanes) is 17. The molecule has 0 aromatic rings. The first-order valence-electron chi connectivity index (χ1n) is 22.3. The molecule has 3 atom stereocenters. The number of hydrogen-bond donors (Lipinski definition) is 4. The van der Waals surface area contributed by atoms with Crippen LogP contribution in [0.5, 0.6) is 0 Å². The van der Waals surface area contributed by atoms with Crippen LogP contribution in [0.25, 0.3) is 0 Å². The van der Waals surface area contributed by atoms with Crippen LogP contribution >= 0.6 is 15.6 Å². The Kier molecular flexibility index (Phi) is 38.1. The molecule has 0 heterocycles. The maximum absolute atomic E-state index is 12.7. The van der Waals surface area contributed by atoms with Gasteiger partial charge in [-0.15, -0.1) is 0 Å². The Bertz CT molecular complexity index is 1310. The molecule has 16 heteroatoms. The Balaban J connectivity index is 4.59. The second kappa shape index (κ2) is 39.6. The first-order valence-corrected chi connectivity index (χ1v) is 25.3. The van der Waals surface area contributed by atoms with E-state index < -0.39 is 66.2 Å². The summed E-state index contributed by atoms with van der Waals surface area (Å²) in [6.45, 7) is 1.54. The maximum Gasteiger partial charge on any atom is 0.472 e. The Morgan fingerprint density at radius 3 is 1.60 bits per heavy atom. The normalized spacial score (nSPS) is 14.4. The lowest BCUT2D eigenvalue weighted by atomic mass is 10.1. The summed E-state index contributed by atoms with van der Waals surface area (Å²) in [6.07, 6.45) is 36.3. The number of allylic oxidation sites excluding steroid dienone is 8. The van der Waals surface area contributed by atoms with Crippen LogP contribution in [-0.4, -0.2) is 76.1 Å². The zero-order valence-electron chi connectivity index (χ0n) is 36.5. The lowest BCUT2D eigenvalue weighted by Gasteiger charge is -2.20. The number of ether oxygens (including phenoxy) is 2. The van der Waals surface area contributed by atoms with Crippen LogP contribution < -0.4 is 0 Å². The van der Waals surface area contributed by atoms with Gasteiger partial charge >= 0.3 is 27.6 Å². The third-order valence-electron chi connectivity index (χ3n) is 9.16. The topological polar surface area (TPSA) is 212 Å². The molecule has 0 aromatic carbocycles. The van der Waals surface area contributed by atoms with Crippen molar-refractivity contribution in [3.8, 4) is 0 Å². The van der Waals surface area contributed by atoms with Gasteiger partial charge in [-0.2, -0.15) is 0 Å². The molecule has 0 bridgehead atoms. The van der Waals surface area contributed by atoms with Gasteiger partial charge in [0.05, 0.1) is 19.8 Å². The van der Waals surface area contributed by atoms with E-state index >= 15 is 0 Å². The highest BCUT2D eigenvalue weighted by atomic mass is 31.2. The fourth-order valence-corrected chi connectivity index (χ4v) is 6.87. The van der Waals surface area contributed by atoms with Crippen molar-refractivity contribution in [2.45, 2.75) is 187 Å². The molecule has 60 heavy (non-hydrogen) atoms. The number of phosphoric acid groups is 2. The SMILES string of the molecule is CCCCC/C=C\C=C\C(=O)CCCCCCCC(=O)O[C@H](COC(=O)CCCCCCCCC/C=C\C/C=C\CCCCC)COP(=O)(O)OC[C@@H](O)COP(=O)(O)O. The van der Waals surface area contributed by atoms with E-state index in [1.807, 2.05) is 6.08 Å². The molecule has 348 valence electrons. The molecule has 0 rings (SSSR count). The minimum absolute atomic E-state index is 0.0449. The second-order valence-electron chi connectivity index (χ2n) is 15.0. The molecule has 0 aliphatic heterocycles. The fourth-order valence-electron chi connectivity index (χ4n) is 5.71. The first kappa shape index (κ1) is 57.8. The van der Waals surface area contributed by atoms with E-state index in [4.69, 9.17) is 23.8 Å². The van der Waals surface area contributed by atoms with E-state index in [0.717, 1.165) is 96.3 Å². The van der Waals surface area contributed by atoms with Crippen LogP contribution in [0.2, 0.25) is 0 Å². The van der Waals surface area contributed by atoms with Crippen LogP contribution in [0.1, 0.15) is 174 Å². The first-order chi connectivity index (χ1) is 28.8. The van der Waals surface area contributed by atoms with Gasteiger partial charge in [0, 0.05) is 19.3 Å². The van der Waals surface area contributed by atoms with Gasteiger partial charge in [0.15, 0.2) is 11.9 Å². The van der Waals surface area contributed by atoms with E-state index in [1.165, 1.54) is 32.1 Å². The van der Waals surface area contributed by atoms with Gasteiger partial charge in [-0.25, -0.2) is 9.13 Å². The molecule has 0 spiro atoms. The Hall–Kier alpha value is -2.25. The number of aliphatic hydroxyl groups is 1. The van der Waals surface area contributed by atoms with Gasteiger partial charge in [-0.1, -0.05) is 133 Å². The number of ketones is 1. The van der Waals surface area contributed by atoms with Crippen molar-refractivity contribution in [1.29, 1.82) is 0 Å². The van der Waals surface area contributed by atoms with Crippen molar-refractivity contribution >= 4 is 33.4 Å². The summed E-state index contributed by atoms with van der Waals surface area (Å²) < 4.78 is 47.7. The average molecular weight is 893 g/mol. The molecule has 0 saturated carbocycles. The Morgan fingerprint density at radius 2 is 1.02 bits per heavy atom. The molecule has 0 saturated heterocycles. The molecular formula is C44H78O14P2. The molecule has 1 unspecified atom stereocenters. The van der Waals surface area contributed by atoms with Crippen LogP contribution in [-0.2, 0) is 46.6 Å². The number of carbonyl (C=O) groups excluding carboxylic acids is 3. The zero-order valence-corrected chi connectivity index (χ0v) is 38.3. The number of esters is 2. The highest BCUT2D eigenvalue weighted by Gasteiger charge is 2.28. The Morgan fingerprint density at radius 1 is 0.533 bits per heavy atom. The standard InChI is InChI=1S/C44H78O14P2/c1-3-5-7-9-11-12-13-14-15-16-17-18-19-20-22-26-30-34-43(47)54-38-42(39-57-60(52,53)56-37-41(46)36-55-59(49,50)51)58-44(48)35-31-27-23-25-29-33-40(45)32-28-24-21-10-8-6-4-2/h11-12,14-15,21,24,28,32,41-42,46H,3-10,13,16-20,22-23,25-27,29-31,33-39H2,1-2H3,(H,52,53)(H2,49,50,51)/b12-11-,15-14-,24-21-,32-28+/t41-,42+/m0/s1. The summed E-state index contributed by atoms with van der Waals surface area (Å²) in [5.41, 5.74) is 0. The van der Waals surface area contributed by atoms with Crippen molar-refractivity contribution < 1.29 is 66.3 Å². The molecule has 0 amide bonds. The van der Waals surface area contributed by atoms with Crippen LogP contribution in [0.15, 0.2) is 48.6 Å². The molecule has 0 radical (unpaired) electrons. The summed E-state index contributed by atoms with van der Waals surface area (Å²) in [5, 5.41) is 9.74. The van der Waals surface area contributed by atoms with Crippen molar-refractivity contribution in [2.75, 3.05) is 26.4 Å². The third kappa shape index (κ3) is 42.4. The second-order valence-corrected chi connectivity index (χ2v) is 17.7. The molecule has 0 aromatic heterocycles. The van der Waals surface area contributed by atoms with Gasteiger partial charge in [-0.05, 0) is 70.3 Å². The average Bonchev–Trinajstić information content (AvgIpc) is 3.20. The van der Waals surface area contributed by atoms with Gasteiger partial charge in [0.2, 0.25) is 0 Å². The van der Waals surface area contributed by atoms with Crippen LogP contribution in [0.3, 0.4) is 0 Å². The predicted molar refractivity (Wildman–Crippen MR) is 235 cm³/mol. The van der Waals surface area contributed by atoms with Gasteiger partial charge in [-0.3, -0.25) is 28.0 Å². The number of phosphoric ester groups is 2. The largest absolute Gasteiger partial charge is 0.472 e. The highest BCUT2D eigenvalue weighted by molar-refractivity contribution is 7.47. The van der Waals surface area contributed by atoms with Crippen molar-refractivity contribution in [3.63, 3.8) is 0 Å². The lowest BCUT2D eigenvalue weighted by Crippen LogP contribution is -2.30. The number of carbonyl (C=O) groups is 3. The minimum atomic E-state index is -4.88.